The van der Waals surface area contributed by atoms with E-state index in [0.717, 1.165) is 16.5 Å². The second kappa shape index (κ2) is 6.59. The van der Waals surface area contributed by atoms with Crippen LogP contribution < -0.4 is 10.6 Å². The Kier molecular flexibility index (Phi) is 4.81. The van der Waals surface area contributed by atoms with Crippen molar-refractivity contribution in [1.29, 1.82) is 0 Å². The molecule has 0 aliphatic rings. The first-order chi connectivity index (χ1) is 10.1. The highest BCUT2D eigenvalue weighted by atomic mass is 16.3. The molecule has 0 fully saturated rings. The summed E-state index contributed by atoms with van der Waals surface area (Å²) < 4.78 is 0. The van der Waals surface area contributed by atoms with Gasteiger partial charge in [0.1, 0.15) is 0 Å². The highest BCUT2D eigenvalue weighted by Gasteiger charge is 2.27. The van der Waals surface area contributed by atoms with E-state index in [1.165, 1.54) is 0 Å². The van der Waals surface area contributed by atoms with Gasteiger partial charge in [-0.25, -0.2) is 4.79 Å². The van der Waals surface area contributed by atoms with Gasteiger partial charge in [-0.2, -0.15) is 0 Å². The fourth-order valence-corrected chi connectivity index (χ4v) is 2.36. The van der Waals surface area contributed by atoms with Crippen molar-refractivity contribution in [3.05, 3.63) is 42.5 Å². The maximum atomic E-state index is 12.1. The molecule has 0 aliphatic heterocycles. The summed E-state index contributed by atoms with van der Waals surface area (Å²) in [7, 11) is 0. The molecule has 0 atom stereocenters. The molecule has 2 amide bonds. The van der Waals surface area contributed by atoms with Crippen LogP contribution in [0.25, 0.3) is 10.8 Å². The molecule has 0 spiro atoms. The summed E-state index contributed by atoms with van der Waals surface area (Å²) in [6.45, 7) is 3.84. The number of carbonyl (C=O) groups excluding carboxylic acids is 1. The highest BCUT2D eigenvalue weighted by molar-refractivity contribution is 5.93. The Labute approximate surface area is 125 Å². The standard InChI is InChI=1S/C17H22N2O2/c1-3-17(4-2,12-20)19-16(21)18-15-10-9-13-7-5-6-8-14(13)11-15/h5-11,20H,3-4,12H2,1-2H3,(H2,18,19,21). The van der Waals surface area contributed by atoms with Gasteiger partial charge >= 0.3 is 6.03 Å². The largest absolute Gasteiger partial charge is 0.394 e. The second-order valence-corrected chi connectivity index (χ2v) is 5.29. The van der Waals surface area contributed by atoms with Crippen molar-refractivity contribution >= 4 is 22.5 Å². The number of urea groups is 1. The summed E-state index contributed by atoms with van der Waals surface area (Å²) >= 11 is 0. The molecule has 0 radical (unpaired) electrons. The van der Waals surface area contributed by atoms with Crippen LogP contribution in [0.3, 0.4) is 0 Å². The van der Waals surface area contributed by atoms with Gasteiger partial charge < -0.3 is 15.7 Å². The molecule has 0 saturated heterocycles. The van der Waals surface area contributed by atoms with E-state index in [2.05, 4.69) is 10.6 Å². The Morgan fingerprint density at radius 1 is 1.10 bits per heavy atom. The molecule has 3 N–H and O–H groups in total. The molecule has 21 heavy (non-hydrogen) atoms. The van der Waals surface area contributed by atoms with Gasteiger partial charge in [-0.3, -0.25) is 0 Å². The molecule has 2 rings (SSSR count). The number of hydrogen-bond acceptors (Lipinski definition) is 2. The smallest absolute Gasteiger partial charge is 0.319 e. The number of nitrogens with one attached hydrogen (secondary N) is 2. The van der Waals surface area contributed by atoms with Crippen LogP contribution in [-0.4, -0.2) is 23.3 Å². The minimum Gasteiger partial charge on any atom is -0.394 e. The van der Waals surface area contributed by atoms with E-state index in [-0.39, 0.29) is 12.6 Å². The maximum Gasteiger partial charge on any atom is 0.319 e. The van der Waals surface area contributed by atoms with Crippen LogP contribution in [0.2, 0.25) is 0 Å². The van der Waals surface area contributed by atoms with Crippen LogP contribution in [0.1, 0.15) is 26.7 Å². The van der Waals surface area contributed by atoms with Gasteiger partial charge in [0, 0.05) is 5.69 Å². The van der Waals surface area contributed by atoms with Crippen LogP contribution >= 0.6 is 0 Å². The Morgan fingerprint density at radius 2 is 1.76 bits per heavy atom. The van der Waals surface area contributed by atoms with Gasteiger partial charge in [0.05, 0.1) is 12.1 Å². The molecule has 2 aromatic carbocycles. The molecular formula is C17H22N2O2. The Balaban J connectivity index is 2.10. The van der Waals surface area contributed by atoms with Crippen molar-refractivity contribution in [2.75, 3.05) is 11.9 Å². The summed E-state index contributed by atoms with van der Waals surface area (Å²) in [5.74, 6) is 0. The summed E-state index contributed by atoms with van der Waals surface area (Å²) in [5, 5.41) is 17.4. The van der Waals surface area contributed by atoms with E-state index in [1.807, 2.05) is 56.3 Å². The van der Waals surface area contributed by atoms with E-state index < -0.39 is 5.54 Å². The fourth-order valence-electron chi connectivity index (χ4n) is 2.36. The zero-order chi connectivity index (χ0) is 15.3. The monoisotopic (exact) mass is 286 g/mol. The van der Waals surface area contributed by atoms with Gasteiger partial charge in [0.25, 0.3) is 0 Å². The molecule has 0 aliphatic carbocycles. The van der Waals surface area contributed by atoms with Gasteiger partial charge in [0.2, 0.25) is 0 Å². The van der Waals surface area contributed by atoms with Crippen LogP contribution in [0.5, 0.6) is 0 Å². The quantitative estimate of drug-likeness (QED) is 0.787. The number of hydrogen-bond donors (Lipinski definition) is 3. The highest BCUT2D eigenvalue weighted by Crippen LogP contribution is 2.19. The minimum absolute atomic E-state index is 0.0643. The van der Waals surface area contributed by atoms with Crippen molar-refractivity contribution in [2.24, 2.45) is 0 Å². The molecule has 2 aromatic rings. The van der Waals surface area contributed by atoms with E-state index >= 15 is 0 Å². The molecule has 0 saturated carbocycles. The van der Waals surface area contributed by atoms with E-state index in [9.17, 15) is 9.90 Å². The molecule has 112 valence electrons. The van der Waals surface area contributed by atoms with Crippen LogP contribution in [-0.2, 0) is 0 Å². The molecule has 4 heteroatoms. The SMILES string of the molecule is CCC(CC)(CO)NC(=O)Nc1ccc2ccccc2c1. The average Bonchev–Trinajstić information content (AvgIpc) is 2.52. The number of carbonyl (C=O) groups is 1. The number of amides is 2. The van der Waals surface area contributed by atoms with Gasteiger partial charge in [-0.15, -0.1) is 0 Å². The normalized spacial score (nSPS) is 11.4. The zero-order valence-electron chi connectivity index (χ0n) is 12.5. The number of fused-ring (bicyclic) bond motifs is 1. The Bertz CT molecular complexity index is 613. The summed E-state index contributed by atoms with van der Waals surface area (Å²) in [6.07, 6.45) is 1.37. The van der Waals surface area contributed by atoms with Crippen molar-refractivity contribution in [3.63, 3.8) is 0 Å². The number of anilines is 1. The van der Waals surface area contributed by atoms with Gasteiger partial charge in [-0.05, 0) is 35.7 Å². The lowest BCUT2D eigenvalue weighted by molar-refractivity contribution is 0.155. The average molecular weight is 286 g/mol. The topological polar surface area (TPSA) is 61.4 Å². The molecule has 0 unspecified atom stereocenters. The predicted octanol–water partition coefficient (Wildman–Crippen LogP) is 3.51. The molecule has 0 heterocycles. The predicted molar refractivity (Wildman–Crippen MR) is 86.5 cm³/mol. The third kappa shape index (κ3) is 3.52. The third-order valence-corrected chi connectivity index (χ3v) is 4.04. The van der Waals surface area contributed by atoms with Crippen molar-refractivity contribution in [2.45, 2.75) is 32.2 Å². The number of rotatable bonds is 5. The first-order valence-corrected chi connectivity index (χ1v) is 7.31. The number of benzene rings is 2. The summed E-state index contributed by atoms with van der Waals surface area (Å²) in [5.41, 5.74) is 0.186. The summed E-state index contributed by atoms with van der Waals surface area (Å²) in [4.78, 5) is 12.1. The van der Waals surface area contributed by atoms with Crippen LogP contribution in [0, 0.1) is 0 Å². The Morgan fingerprint density at radius 3 is 2.38 bits per heavy atom. The van der Waals surface area contributed by atoms with Gasteiger partial charge in [-0.1, -0.05) is 44.2 Å². The van der Waals surface area contributed by atoms with Crippen molar-refractivity contribution in [1.82, 2.24) is 5.32 Å². The minimum atomic E-state index is -0.555. The lowest BCUT2D eigenvalue weighted by Gasteiger charge is -2.30. The number of aliphatic hydroxyl groups excluding tert-OH is 1. The summed E-state index contributed by atoms with van der Waals surface area (Å²) in [6, 6.07) is 13.5. The molecule has 0 aromatic heterocycles. The molecule has 4 nitrogen and oxygen atoms in total. The lowest BCUT2D eigenvalue weighted by atomic mass is 9.94. The maximum absolute atomic E-state index is 12.1. The van der Waals surface area contributed by atoms with Crippen molar-refractivity contribution < 1.29 is 9.90 Å². The molecular weight excluding hydrogens is 264 g/mol. The van der Waals surface area contributed by atoms with E-state index in [4.69, 9.17) is 0 Å². The Hall–Kier alpha value is -2.07. The first kappa shape index (κ1) is 15.3. The second-order valence-electron chi connectivity index (χ2n) is 5.29. The first-order valence-electron chi connectivity index (χ1n) is 7.31. The number of aliphatic hydroxyl groups is 1. The van der Waals surface area contributed by atoms with Crippen LogP contribution in [0.4, 0.5) is 10.5 Å². The zero-order valence-corrected chi connectivity index (χ0v) is 12.5. The van der Waals surface area contributed by atoms with Crippen LogP contribution in [0.15, 0.2) is 42.5 Å². The van der Waals surface area contributed by atoms with Gasteiger partial charge in [0.15, 0.2) is 0 Å². The van der Waals surface area contributed by atoms with E-state index in [0.29, 0.717) is 12.8 Å². The molecule has 0 bridgehead atoms. The fraction of sp³-hybridized carbons (Fsp3) is 0.353. The third-order valence-electron chi connectivity index (χ3n) is 4.04. The lowest BCUT2D eigenvalue weighted by Crippen LogP contribution is -2.51. The van der Waals surface area contributed by atoms with Crippen molar-refractivity contribution in [3.8, 4) is 0 Å². The van der Waals surface area contributed by atoms with E-state index in [1.54, 1.807) is 0 Å².